The molecular formula is C117H75N13. The average Bonchev–Trinajstić information content (AvgIpc) is 1.26. The van der Waals surface area contributed by atoms with Gasteiger partial charge in [0.1, 0.15) is 0 Å². The van der Waals surface area contributed by atoms with E-state index in [-0.39, 0.29) is 0 Å². The molecule has 19 aromatic carbocycles. The Hall–Kier alpha value is -17.8. The minimum Gasteiger partial charge on any atom is -0.309 e. The van der Waals surface area contributed by atoms with E-state index in [0.29, 0.717) is 0 Å². The molecule has 10 heterocycles. The van der Waals surface area contributed by atoms with Gasteiger partial charge in [-0.15, -0.1) is 0 Å². The van der Waals surface area contributed by atoms with Crippen LogP contribution in [0.2, 0.25) is 0 Å². The highest BCUT2D eigenvalue weighted by Crippen LogP contribution is 2.43. The van der Waals surface area contributed by atoms with Crippen molar-refractivity contribution >= 4 is 170 Å². The molecule has 0 radical (unpaired) electrons. The minimum atomic E-state index is 0.904. The van der Waals surface area contributed by atoms with Gasteiger partial charge in [-0.2, -0.15) is 0 Å². The van der Waals surface area contributed by atoms with Crippen LogP contribution in [0, 0.1) is 0 Å². The number of para-hydroxylation sites is 12. The molecule has 29 rings (SSSR count). The Kier molecular flexibility index (Phi) is 16.1. The highest BCUT2D eigenvalue weighted by molar-refractivity contribution is 6.26. The second-order valence-electron chi connectivity index (χ2n) is 33.7. The Morgan fingerprint density at radius 2 is 0.385 bits per heavy atom. The second-order valence-corrected chi connectivity index (χ2v) is 33.7. The van der Waals surface area contributed by atoms with Crippen LogP contribution in [0.1, 0.15) is 0 Å². The van der Waals surface area contributed by atoms with E-state index >= 15 is 0 Å². The van der Waals surface area contributed by atoms with Crippen molar-refractivity contribution in [3.05, 3.63) is 456 Å². The van der Waals surface area contributed by atoms with Gasteiger partial charge in [-0.1, -0.05) is 249 Å². The van der Waals surface area contributed by atoms with E-state index in [1.54, 1.807) is 0 Å². The minimum absolute atomic E-state index is 0.904. The van der Waals surface area contributed by atoms with E-state index in [4.69, 9.17) is 15.0 Å². The average molecular weight is 1660 g/mol. The van der Waals surface area contributed by atoms with Crippen molar-refractivity contribution in [3.63, 3.8) is 0 Å². The Morgan fingerprint density at radius 3 is 0.746 bits per heavy atom. The summed E-state index contributed by atoms with van der Waals surface area (Å²) in [4.78, 5) is 14.8. The summed E-state index contributed by atoms with van der Waals surface area (Å²) in [6.07, 6.45) is 12.5. The van der Waals surface area contributed by atoms with Crippen LogP contribution in [0.5, 0.6) is 0 Å². The van der Waals surface area contributed by atoms with Gasteiger partial charge < -0.3 is 18.3 Å². The first kappa shape index (κ1) is 72.6. The smallest absolute Gasteiger partial charge is 0.219 e. The molecule has 130 heavy (non-hydrogen) atoms. The van der Waals surface area contributed by atoms with Gasteiger partial charge in [-0.25, -0.2) is 15.0 Å². The normalized spacial score (nSPS) is 12.0. The summed E-state index contributed by atoms with van der Waals surface area (Å²) < 4.78 is 22.5. The maximum atomic E-state index is 4.94. The molecule has 0 unspecified atom stereocenters. The molecule has 0 aliphatic rings. The summed E-state index contributed by atoms with van der Waals surface area (Å²) in [5.41, 5.74) is 28.5. The number of imidazole rings is 6. The zero-order chi connectivity index (χ0) is 85.2. The summed E-state index contributed by atoms with van der Waals surface area (Å²) in [6.45, 7) is 0. The number of nitrogens with zero attached hydrogens (tertiary/aromatic N) is 13. The molecule has 0 spiro atoms. The summed E-state index contributed by atoms with van der Waals surface area (Å²) in [5.74, 6) is 2.73. The van der Waals surface area contributed by atoms with Crippen molar-refractivity contribution in [1.82, 2.24) is 60.1 Å². The molecule has 0 bridgehead atoms. The van der Waals surface area contributed by atoms with Crippen LogP contribution in [0.4, 0.5) is 0 Å². The van der Waals surface area contributed by atoms with Gasteiger partial charge in [0.15, 0.2) is 0 Å². The molecular weight excluding hydrogens is 1590 g/mol. The van der Waals surface area contributed by atoms with Crippen molar-refractivity contribution in [1.29, 1.82) is 0 Å². The topological polar surface area (TPSA) is 86.4 Å². The fourth-order valence-corrected chi connectivity index (χ4v) is 20.8. The van der Waals surface area contributed by atoms with Crippen molar-refractivity contribution in [2.45, 2.75) is 0 Å². The fourth-order valence-electron chi connectivity index (χ4n) is 20.8. The van der Waals surface area contributed by atoms with Crippen LogP contribution in [0.15, 0.2) is 456 Å². The van der Waals surface area contributed by atoms with Crippen LogP contribution in [-0.2, 0) is 0 Å². The predicted molar refractivity (Wildman–Crippen MR) is 537 cm³/mol. The zero-order valence-electron chi connectivity index (χ0n) is 70.1. The molecule has 0 aliphatic carbocycles. The molecule has 10 aromatic heterocycles. The van der Waals surface area contributed by atoms with Crippen molar-refractivity contribution in [3.8, 4) is 62.1 Å². The molecule has 13 nitrogen and oxygen atoms in total. The number of fused-ring (bicyclic) bond motifs is 27. The molecule has 0 atom stereocenters. The first-order valence-corrected chi connectivity index (χ1v) is 44.1. The highest BCUT2D eigenvalue weighted by atomic mass is 15.2. The molecule has 0 aliphatic heterocycles. The van der Waals surface area contributed by atoms with Crippen LogP contribution in [0.25, 0.3) is 232 Å². The Bertz CT molecular complexity index is 9560. The van der Waals surface area contributed by atoms with E-state index in [0.717, 1.165) is 101 Å². The van der Waals surface area contributed by atoms with Gasteiger partial charge in [0.25, 0.3) is 0 Å². The van der Waals surface area contributed by atoms with Gasteiger partial charge in [0.2, 0.25) is 17.3 Å². The Morgan fingerprint density at radius 1 is 0.138 bits per heavy atom. The number of aromatic nitrogens is 13. The number of hydrogen-bond donors (Lipinski definition) is 0. The Labute approximate surface area is 743 Å². The van der Waals surface area contributed by atoms with E-state index in [2.05, 4.69) is 483 Å². The summed E-state index contributed by atoms with van der Waals surface area (Å²) in [6, 6.07) is 150. The molecule has 0 amide bonds. The quantitative estimate of drug-likeness (QED) is 0.135. The fraction of sp³-hybridized carbons (Fsp3) is 0. The van der Waals surface area contributed by atoms with Crippen LogP contribution < -0.4 is 0 Å². The molecule has 0 saturated heterocycles. The maximum Gasteiger partial charge on any atom is 0.219 e. The van der Waals surface area contributed by atoms with Gasteiger partial charge in [0, 0.05) is 114 Å². The van der Waals surface area contributed by atoms with Crippen molar-refractivity contribution < 1.29 is 0 Å². The lowest BCUT2D eigenvalue weighted by Gasteiger charge is -2.12. The molecule has 0 N–H and O–H groups in total. The summed E-state index contributed by atoms with van der Waals surface area (Å²) >= 11 is 0. The molecule has 13 heteroatoms. The zero-order valence-corrected chi connectivity index (χ0v) is 70.1. The van der Waals surface area contributed by atoms with Gasteiger partial charge in [-0.05, 0) is 224 Å². The van der Waals surface area contributed by atoms with Gasteiger partial charge in [0.05, 0.1) is 82.9 Å². The lowest BCUT2D eigenvalue weighted by Crippen LogP contribution is -1.98. The second kappa shape index (κ2) is 28.9. The lowest BCUT2D eigenvalue weighted by molar-refractivity contribution is 1.07. The first-order valence-electron chi connectivity index (χ1n) is 44.1. The van der Waals surface area contributed by atoms with E-state index < -0.39 is 0 Å². The van der Waals surface area contributed by atoms with Crippen LogP contribution in [-0.4, -0.2) is 60.1 Å². The van der Waals surface area contributed by atoms with Gasteiger partial charge in [-0.3, -0.25) is 26.9 Å². The molecule has 0 fully saturated rings. The van der Waals surface area contributed by atoms with E-state index in [9.17, 15) is 0 Å². The third kappa shape index (κ3) is 11.3. The van der Waals surface area contributed by atoms with E-state index in [1.807, 2.05) is 18.2 Å². The molecule has 29 aromatic rings. The first-order chi connectivity index (χ1) is 64.5. The monoisotopic (exact) mass is 1660 g/mol. The highest BCUT2D eigenvalue weighted by Gasteiger charge is 2.23. The number of rotatable bonds is 9. The summed E-state index contributed by atoms with van der Waals surface area (Å²) in [7, 11) is 0. The van der Waals surface area contributed by atoms with Crippen LogP contribution in [0.3, 0.4) is 0 Å². The maximum absolute atomic E-state index is 4.94. The third-order valence-corrected chi connectivity index (χ3v) is 26.6. The standard InChI is InChI=1S/C45H29N5.C39H25N5.C33H21N3/c1-5-19-40-35(15-1)36-16-2-6-20-41(36)50(40)34-23-24-43-38(29-34)37-17-3-7-21-42(37)49(43)33-14-10-12-31(28-33)30-11-9-13-32(27-30)47-25-26-48-44-22-8-4-18-39(44)46-45(47)48;1-5-16-34-29(12-1)30-13-2-6-17-35(30)44(34)28-20-21-37-32(25-28)31-14-3-7-18-36(31)43(37)27-11-9-10-26(24-27)41-22-23-42-38-19-8-4-15-33(38)40-39(41)42;1-2-12-27-25(10-1)26-11-3-4-13-28(26)30-21-23(16-17-29(27)30)22-8-7-9-24(20-22)35-18-19-36-32-15-6-5-14-31(32)34-33(35)36/h1-29H;1-25H;1-21H. The largest absolute Gasteiger partial charge is 0.309 e. The predicted octanol–water partition coefficient (Wildman–Crippen LogP) is 29.0. The van der Waals surface area contributed by atoms with Crippen LogP contribution >= 0.6 is 0 Å². The molecule has 608 valence electrons. The van der Waals surface area contributed by atoms with E-state index in [1.165, 1.54) is 131 Å². The third-order valence-electron chi connectivity index (χ3n) is 26.6. The van der Waals surface area contributed by atoms with Crippen molar-refractivity contribution in [2.75, 3.05) is 0 Å². The number of benzene rings is 19. The van der Waals surface area contributed by atoms with Crippen molar-refractivity contribution in [2.24, 2.45) is 0 Å². The number of hydrogen-bond acceptors (Lipinski definition) is 3. The SMILES string of the molecule is c1cc(-c2ccc3c4ccccc4c4ccccc4c3c2)cc(-n2ccn3c4ccccc4nc23)c1.c1cc(-c2cccc(-n3c4ccccc4c4cc(-n5c6ccccc6c6ccccc65)ccc43)c2)cc(-n2ccn3c4ccccc4nc23)c1.c1cc(-n2ccn3c4ccccc4nc23)cc(-n2c3ccccc3c3cc(-n4c5ccccc5c5ccccc54)ccc32)c1. The Balaban J connectivity index is 0.000000102. The lowest BCUT2D eigenvalue weighted by atomic mass is 9.92. The van der Waals surface area contributed by atoms with Gasteiger partial charge >= 0.3 is 0 Å². The summed E-state index contributed by atoms with van der Waals surface area (Å²) in [5, 5.41) is 17.8. The molecule has 0 saturated carbocycles.